The predicted molar refractivity (Wildman–Crippen MR) is 156 cm³/mol. The number of nitrogens with one attached hydrogen (secondary N) is 1. The molecule has 2 aromatic rings. The fourth-order valence-electron chi connectivity index (χ4n) is 5.33. The van der Waals surface area contributed by atoms with Crippen LogP contribution in [0.3, 0.4) is 0 Å². The molecule has 3 rings (SSSR count). The van der Waals surface area contributed by atoms with Gasteiger partial charge in [0.2, 0.25) is 11.7 Å². The van der Waals surface area contributed by atoms with Gasteiger partial charge in [-0.2, -0.15) is 13.2 Å². The summed E-state index contributed by atoms with van der Waals surface area (Å²) < 4.78 is 65.1. The van der Waals surface area contributed by atoms with Crippen molar-refractivity contribution < 1.29 is 51.3 Å². The van der Waals surface area contributed by atoms with E-state index in [0.717, 1.165) is 11.8 Å². The lowest BCUT2D eigenvalue weighted by Gasteiger charge is -2.49. The Hall–Kier alpha value is -4.59. The smallest absolute Gasteiger partial charge is 0.454 e. The number of nitrogens with zero attached hydrogens (tertiary/aromatic N) is 2. The van der Waals surface area contributed by atoms with Gasteiger partial charge >= 0.3 is 6.18 Å². The van der Waals surface area contributed by atoms with Crippen molar-refractivity contribution in [1.82, 2.24) is 15.1 Å². The number of ketones is 1. The van der Waals surface area contributed by atoms with Gasteiger partial charge in [-0.15, -0.1) is 0 Å². The lowest BCUT2D eigenvalue weighted by molar-refractivity contribution is -0.187. The Morgan fingerprint density at radius 1 is 0.956 bits per heavy atom. The van der Waals surface area contributed by atoms with E-state index in [0.29, 0.717) is 4.90 Å². The number of amides is 3. The fraction of sp³-hybridized carbons (Fsp3) is 0.419. The van der Waals surface area contributed by atoms with Crippen LogP contribution in [0, 0.1) is 5.92 Å². The van der Waals surface area contributed by atoms with Gasteiger partial charge in [-0.1, -0.05) is 44.2 Å². The Balaban J connectivity index is 2.55. The average molecular weight is 636 g/mol. The monoisotopic (exact) mass is 635 g/mol. The van der Waals surface area contributed by atoms with E-state index in [2.05, 4.69) is 5.32 Å². The van der Waals surface area contributed by atoms with Crippen molar-refractivity contribution in [2.75, 3.05) is 35.0 Å². The summed E-state index contributed by atoms with van der Waals surface area (Å²) in [5.74, 6) is -5.54. The molecule has 244 valence electrons. The van der Waals surface area contributed by atoms with Gasteiger partial charge < -0.3 is 29.2 Å². The van der Waals surface area contributed by atoms with Gasteiger partial charge in [0.25, 0.3) is 17.6 Å². The van der Waals surface area contributed by atoms with Gasteiger partial charge in [0.1, 0.15) is 12.6 Å². The van der Waals surface area contributed by atoms with Crippen LogP contribution in [0.25, 0.3) is 5.70 Å². The highest BCUT2D eigenvalue weighted by Gasteiger charge is 2.61. The maximum atomic E-state index is 14.6. The number of alkyl halides is 3. The highest BCUT2D eigenvalue weighted by molar-refractivity contribution is 6.06. The Kier molecular flexibility index (Phi) is 10.9. The predicted octanol–water partition coefficient (Wildman–Crippen LogP) is 3.56. The van der Waals surface area contributed by atoms with Gasteiger partial charge in [0, 0.05) is 32.2 Å². The topological polar surface area (TPSA) is 124 Å². The van der Waals surface area contributed by atoms with Crippen molar-refractivity contribution in [3.05, 3.63) is 59.8 Å². The van der Waals surface area contributed by atoms with Gasteiger partial charge in [-0.3, -0.25) is 24.1 Å². The normalized spacial score (nSPS) is 16.6. The summed E-state index contributed by atoms with van der Waals surface area (Å²) in [6.45, 7) is 3.66. The van der Waals surface area contributed by atoms with E-state index in [9.17, 15) is 32.3 Å². The van der Waals surface area contributed by atoms with E-state index in [-0.39, 0.29) is 34.1 Å². The maximum absolute atomic E-state index is 14.6. The minimum Gasteiger partial charge on any atom is -0.493 e. The summed E-state index contributed by atoms with van der Waals surface area (Å²) in [4.78, 5) is 56.0. The maximum Gasteiger partial charge on any atom is 0.454 e. The number of benzene rings is 2. The van der Waals surface area contributed by atoms with Crippen LogP contribution in [0.15, 0.2) is 48.7 Å². The number of carbonyl (C=O) groups is 4. The molecular weight excluding hydrogens is 599 g/mol. The lowest BCUT2D eigenvalue weighted by atomic mass is 9.87. The van der Waals surface area contributed by atoms with Crippen molar-refractivity contribution in [3.8, 4) is 17.2 Å². The van der Waals surface area contributed by atoms with Crippen LogP contribution in [-0.2, 0) is 30.3 Å². The van der Waals surface area contributed by atoms with Crippen molar-refractivity contribution in [1.29, 1.82) is 0 Å². The summed E-state index contributed by atoms with van der Waals surface area (Å²) in [6.07, 6.45) is -5.12. The molecule has 2 atom stereocenters. The number of methoxy groups -OCH3 is 4. The molecule has 0 fully saturated rings. The van der Waals surface area contributed by atoms with E-state index < -0.39 is 60.3 Å². The second-order valence-electron chi connectivity index (χ2n) is 10.6. The molecule has 1 heterocycles. The van der Waals surface area contributed by atoms with E-state index in [1.807, 2.05) is 0 Å². The molecule has 0 radical (unpaired) electrons. The molecule has 0 aliphatic carbocycles. The average Bonchev–Trinajstić information content (AvgIpc) is 2.98. The number of halogens is 3. The Bertz CT molecular complexity index is 1440. The number of carbonyl (C=O) groups excluding carboxylic acids is 4. The minimum atomic E-state index is -5.52. The van der Waals surface area contributed by atoms with Crippen molar-refractivity contribution in [2.24, 2.45) is 5.92 Å². The van der Waals surface area contributed by atoms with Crippen molar-refractivity contribution in [3.63, 3.8) is 0 Å². The first-order valence-corrected chi connectivity index (χ1v) is 13.8. The molecule has 14 heteroatoms. The molecule has 3 amide bonds. The first-order valence-electron chi connectivity index (χ1n) is 13.8. The number of rotatable bonds is 12. The van der Waals surface area contributed by atoms with Crippen molar-refractivity contribution in [2.45, 2.75) is 45.1 Å². The number of ether oxygens (including phenoxy) is 4. The molecule has 1 aliphatic rings. The quantitative estimate of drug-likeness (QED) is 0.376. The molecule has 2 aromatic carbocycles. The third-order valence-electron chi connectivity index (χ3n) is 7.12. The molecule has 11 nitrogen and oxygen atoms in total. The number of Topliss-reactive ketones (excluding diaryl/α,β-unsaturated/α-hetero) is 1. The van der Waals surface area contributed by atoms with Gasteiger partial charge in [-0.05, 0) is 23.6 Å². The van der Waals surface area contributed by atoms with Crippen LogP contribution in [0.1, 0.15) is 31.9 Å². The highest BCUT2D eigenvalue weighted by atomic mass is 19.4. The van der Waals surface area contributed by atoms with Crippen LogP contribution in [0.2, 0.25) is 0 Å². The molecule has 2 unspecified atom stereocenters. The zero-order chi connectivity index (χ0) is 33.7. The zero-order valence-electron chi connectivity index (χ0n) is 26.0. The fourth-order valence-corrected chi connectivity index (χ4v) is 5.33. The number of hydrogen-bond donors (Lipinski definition) is 1. The number of hydrogen-bond acceptors (Lipinski definition) is 8. The van der Waals surface area contributed by atoms with E-state index in [4.69, 9.17) is 18.9 Å². The van der Waals surface area contributed by atoms with E-state index >= 15 is 0 Å². The Morgan fingerprint density at radius 3 is 1.98 bits per heavy atom. The summed E-state index contributed by atoms with van der Waals surface area (Å²) in [6, 6.07) is 8.95. The Labute approximate surface area is 258 Å². The molecule has 0 aromatic heterocycles. The van der Waals surface area contributed by atoms with E-state index in [1.54, 1.807) is 32.0 Å². The van der Waals surface area contributed by atoms with Crippen LogP contribution in [-0.4, -0.2) is 86.2 Å². The summed E-state index contributed by atoms with van der Waals surface area (Å²) >= 11 is 0. The summed E-state index contributed by atoms with van der Waals surface area (Å²) in [5, 5.41) is 2.20. The standard InChI is InChI=1S/C31H36F3N3O8/c1-18(2)26-28(40)37(30(35-19(3)38,29(41)31(32,33)34)15-20-11-9-8-10-12-20)22(16-36(26)25(39)17-42-4)21-13-23(43-5)27(45-7)24(14-21)44-6/h8-14,16,18,26H,15,17H2,1-7H3,(H,35,38). The van der Waals surface area contributed by atoms with Crippen LogP contribution < -0.4 is 19.5 Å². The van der Waals surface area contributed by atoms with Crippen LogP contribution >= 0.6 is 0 Å². The third kappa shape index (κ3) is 7.06. The van der Waals surface area contributed by atoms with Crippen molar-refractivity contribution >= 4 is 29.2 Å². The molecule has 0 saturated carbocycles. The molecular formula is C31H36F3N3O8. The van der Waals surface area contributed by atoms with E-state index in [1.165, 1.54) is 58.9 Å². The summed E-state index contributed by atoms with van der Waals surface area (Å²) in [7, 11) is 5.24. The van der Waals surface area contributed by atoms with Crippen LogP contribution in [0.5, 0.6) is 17.2 Å². The molecule has 0 bridgehead atoms. The molecule has 1 N–H and O–H groups in total. The molecule has 45 heavy (non-hydrogen) atoms. The SMILES string of the molecule is COCC(=O)N1C=C(c2cc(OC)c(OC)c(OC)c2)N(C(Cc2ccccc2)(NC(C)=O)C(=O)C(F)(F)F)C(=O)C1C(C)C. The van der Waals surface area contributed by atoms with Crippen LogP contribution in [0.4, 0.5) is 13.2 Å². The molecule has 0 saturated heterocycles. The van der Waals surface area contributed by atoms with Gasteiger partial charge in [0.05, 0.1) is 27.0 Å². The van der Waals surface area contributed by atoms with Gasteiger partial charge in [-0.25, -0.2) is 0 Å². The zero-order valence-corrected chi connectivity index (χ0v) is 26.0. The Morgan fingerprint density at radius 2 is 1.53 bits per heavy atom. The first-order chi connectivity index (χ1) is 21.2. The lowest BCUT2D eigenvalue weighted by Crippen LogP contribution is -2.73. The van der Waals surface area contributed by atoms with Gasteiger partial charge in [0.15, 0.2) is 17.2 Å². The first kappa shape index (κ1) is 34.9. The summed E-state index contributed by atoms with van der Waals surface area (Å²) in [5.41, 5.74) is -3.14. The minimum absolute atomic E-state index is 0.00744. The second kappa shape index (κ2) is 14.0. The largest absolute Gasteiger partial charge is 0.493 e. The molecule has 1 aliphatic heterocycles. The third-order valence-corrected chi connectivity index (χ3v) is 7.12. The second-order valence-corrected chi connectivity index (χ2v) is 10.6. The molecule has 0 spiro atoms. The highest BCUT2D eigenvalue weighted by Crippen LogP contribution is 2.44.